The van der Waals surface area contributed by atoms with E-state index in [1.807, 2.05) is 31.2 Å². The summed E-state index contributed by atoms with van der Waals surface area (Å²) < 4.78 is 31.0. The first kappa shape index (κ1) is 21.8. The van der Waals surface area contributed by atoms with Gasteiger partial charge in [0.2, 0.25) is 15.9 Å². The van der Waals surface area contributed by atoms with Crippen molar-refractivity contribution in [2.45, 2.75) is 39.3 Å². The first-order valence-electron chi connectivity index (χ1n) is 9.20. The van der Waals surface area contributed by atoms with Crippen molar-refractivity contribution in [3.05, 3.63) is 59.7 Å². The lowest BCUT2D eigenvalue weighted by molar-refractivity contribution is -0.122. The van der Waals surface area contributed by atoms with Crippen LogP contribution < -0.4 is 14.4 Å². The van der Waals surface area contributed by atoms with Gasteiger partial charge in [-0.1, -0.05) is 31.2 Å². The minimum absolute atomic E-state index is 0.238. The Morgan fingerprint density at radius 2 is 1.64 bits per heavy atom. The fraction of sp³-hybridized carbons (Fsp3) is 0.381. The Morgan fingerprint density at radius 3 is 2.11 bits per heavy atom. The predicted octanol–water partition coefficient (Wildman–Crippen LogP) is 3.29. The number of rotatable bonds is 8. The summed E-state index contributed by atoms with van der Waals surface area (Å²) in [4.78, 5) is 12.8. The number of anilines is 1. The Labute approximate surface area is 167 Å². The third-order valence-corrected chi connectivity index (χ3v) is 5.90. The van der Waals surface area contributed by atoms with Crippen LogP contribution in [0.5, 0.6) is 5.75 Å². The highest BCUT2D eigenvalue weighted by Crippen LogP contribution is 2.24. The van der Waals surface area contributed by atoms with Gasteiger partial charge in [0.1, 0.15) is 11.8 Å². The van der Waals surface area contributed by atoms with Gasteiger partial charge in [0.05, 0.1) is 25.1 Å². The Hall–Kier alpha value is -2.54. The molecular formula is C21H28N2O4S. The van der Waals surface area contributed by atoms with E-state index >= 15 is 0 Å². The molecule has 0 spiro atoms. The molecule has 2 atom stereocenters. The number of carbonyl (C=O) groups excluding carboxylic acids is 1. The third kappa shape index (κ3) is 5.25. The first-order valence-corrected chi connectivity index (χ1v) is 11.0. The summed E-state index contributed by atoms with van der Waals surface area (Å²) in [5.74, 6) is 0.242. The van der Waals surface area contributed by atoms with Gasteiger partial charge in [-0.2, -0.15) is 0 Å². The van der Waals surface area contributed by atoms with Crippen LogP contribution in [0.2, 0.25) is 0 Å². The zero-order valence-electron chi connectivity index (χ0n) is 17.0. The summed E-state index contributed by atoms with van der Waals surface area (Å²) in [7, 11) is -2.12. The SMILES string of the molecule is CCc1ccc([C@H](C)NC(=O)[C@H](C)N(c2ccc(OC)cc2)S(C)(=O)=O)cc1. The molecule has 7 heteroatoms. The van der Waals surface area contributed by atoms with Crippen molar-refractivity contribution in [1.82, 2.24) is 5.32 Å². The minimum Gasteiger partial charge on any atom is -0.497 e. The maximum Gasteiger partial charge on any atom is 0.244 e. The maximum absolute atomic E-state index is 12.8. The van der Waals surface area contributed by atoms with E-state index in [9.17, 15) is 13.2 Å². The number of hydrogen-bond donors (Lipinski definition) is 1. The first-order chi connectivity index (χ1) is 13.2. The molecule has 0 saturated heterocycles. The van der Waals surface area contributed by atoms with Crippen LogP contribution in [0, 0.1) is 0 Å². The van der Waals surface area contributed by atoms with Gasteiger partial charge in [0, 0.05) is 0 Å². The minimum atomic E-state index is -3.66. The summed E-state index contributed by atoms with van der Waals surface area (Å²) in [6.07, 6.45) is 2.04. The van der Waals surface area contributed by atoms with Crippen molar-refractivity contribution in [3.8, 4) is 5.75 Å². The van der Waals surface area contributed by atoms with E-state index in [2.05, 4.69) is 12.2 Å². The number of nitrogens with one attached hydrogen (secondary N) is 1. The van der Waals surface area contributed by atoms with Crippen LogP contribution in [0.3, 0.4) is 0 Å². The summed E-state index contributed by atoms with van der Waals surface area (Å²) in [6, 6.07) is 13.4. The van der Waals surface area contributed by atoms with Gasteiger partial charge in [-0.3, -0.25) is 9.10 Å². The molecule has 0 aliphatic carbocycles. The molecule has 2 rings (SSSR count). The molecule has 1 N–H and O–H groups in total. The van der Waals surface area contributed by atoms with Crippen molar-refractivity contribution in [2.24, 2.45) is 0 Å². The molecule has 1 amide bonds. The number of aryl methyl sites for hydroxylation is 1. The number of benzene rings is 2. The van der Waals surface area contributed by atoms with E-state index < -0.39 is 16.1 Å². The Kier molecular flexibility index (Phi) is 7.07. The topological polar surface area (TPSA) is 75.7 Å². The van der Waals surface area contributed by atoms with E-state index in [0.717, 1.165) is 22.5 Å². The fourth-order valence-electron chi connectivity index (χ4n) is 3.00. The second-order valence-electron chi connectivity index (χ2n) is 6.76. The molecule has 0 aliphatic rings. The van der Waals surface area contributed by atoms with Crippen LogP contribution in [0.1, 0.15) is 37.9 Å². The quantitative estimate of drug-likeness (QED) is 0.733. The molecule has 0 bridgehead atoms. The molecule has 0 aromatic heterocycles. The molecule has 28 heavy (non-hydrogen) atoms. The molecule has 0 unspecified atom stereocenters. The summed E-state index contributed by atoms with van der Waals surface area (Å²) in [5, 5.41) is 2.91. The van der Waals surface area contributed by atoms with E-state index in [4.69, 9.17) is 4.74 Å². The number of methoxy groups -OCH3 is 1. The van der Waals surface area contributed by atoms with Crippen molar-refractivity contribution >= 4 is 21.6 Å². The highest BCUT2D eigenvalue weighted by molar-refractivity contribution is 7.92. The smallest absolute Gasteiger partial charge is 0.244 e. The monoisotopic (exact) mass is 404 g/mol. The largest absolute Gasteiger partial charge is 0.497 e. The number of amides is 1. The van der Waals surface area contributed by atoms with Gasteiger partial charge in [-0.05, 0) is 55.7 Å². The van der Waals surface area contributed by atoms with E-state index in [-0.39, 0.29) is 11.9 Å². The van der Waals surface area contributed by atoms with Gasteiger partial charge < -0.3 is 10.1 Å². The summed E-state index contributed by atoms with van der Waals surface area (Å²) in [6.45, 7) is 5.54. The molecule has 0 saturated carbocycles. The van der Waals surface area contributed by atoms with Crippen LogP contribution in [-0.4, -0.2) is 33.7 Å². The summed E-state index contributed by atoms with van der Waals surface area (Å²) in [5.41, 5.74) is 2.59. The lowest BCUT2D eigenvalue weighted by atomic mass is 10.0. The van der Waals surface area contributed by atoms with Crippen LogP contribution in [0.25, 0.3) is 0 Å². The molecule has 0 fully saturated rings. The van der Waals surface area contributed by atoms with Crippen molar-refractivity contribution < 1.29 is 17.9 Å². The second kappa shape index (κ2) is 9.10. The molecule has 6 nitrogen and oxygen atoms in total. The molecular weight excluding hydrogens is 376 g/mol. The van der Waals surface area contributed by atoms with Gasteiger partial charge in [-0.15, -0.1) is 0 Å². The zero-order valence-corrected chi connectivity index (χ0v) is 17.8. The Balaban J connectivity index is 2.20. The van der Waals surface area contributed by atoms with Crippen LogP contribution in [-0.2, 0) is 21.2 Å². The highest BCUT2D eigenvalue weighted by atomic mass is 32.2. The normalized spacial score (nSPS) is 13.5. The van der Waals surface area contributed by atoms with Gasteiger partial charge in [0.25, 0.3) is 0 Å². The van der Waals surface area contributed by atoms with E-state index in [1.54, 1.807) is 31.2 Å². The van der Waals surface area contributed by atoms with Crippen LogP contribution in [0.15, 0.2) is 48.5 Å². The van der Waals surface area contributed by atoms with Crippen molar-refractivity contribution in [1.29, 1.82) is 0 Å². The number of sulfonamides is 1. The summed E-state index contributed by atoms with van der Waals surface area (Å²) >= 11 is 0. The Bertz CT molecular complexity index is 893. The molecule has 2 aromatic rings. The van der Waals surface area contributed by atoms with E-state index in [1.165, 1.54) is 12.7 Å². The predicted molar refractivity (Wildman–Crippen MR) is 112 cm³/mol. The number of nitrogens with zero attached hydrogens (tertiary/aromatic N) is 1. The average Bonchev–Trinajstić information content (AvgIpc) is 2.67. The van der Waals surface area contributed by atoms with E-state index in [0.29, 0.717) is 11.4 Å². The molecule has 2 aromatic carbocycles. The number of hydrogen-bond acceptors (Lipinski definition) is 4. The molecule has 0 radical (unpaired) electrons. The van der Waals surface area contributed by atoms with Gasteiger partial charge in [0.15, 0.2) is 0 Å². The third-order valence-electron chi connectivity index (χ3n) is 4.66. The lowest BCUT2D eigenvalue weighted by Gasteiger charge is -2.29. The molecule has 0 aliphatic heterocycles. The number of ether oxygens (including phenoxy) is 1. The molecule has 152 valence electrons. The number of carbonyl (C=O) groups is 1. The Morgan fingerprint density at radius 1 is 1.07 bits per heavy atom. The molecule has 0 heterocycles. The second-order valence-corrected chi connectivity index (χ2v) is 8.62. The van der Waals surface area contributed by atoms with Gasteiger partial charge >= 0.3 is 0 Å². The fourth-order valence-corrected chi connectivity index (χ4v) is 4.17. The van der Waals surface area contributed by atoms with Gasteiger partial charge in [-0.25, -0.2) is 8.42 Å². The van der Waals surface area contributed by atoms with Crippen molar-refractivity contribution in [3.63, 3.8) is 0 Å². The zero-order chi connectivity index (χ0) is 20.9. The lowest BCUT2D eigenvalue weighted by Crippen LogP contribution is -2.48. The highest BCUT2D eigenvalue weighted by Gasteiger charge is 2.29. The average molecular weight is 405 g/mol. The maximum atomic E-state index is 12.8. The van der Waals surface area contributed by atoms with Crippen LogP contribution >= 0.6 is 0 Å². The standard InChI is InChI=1S/C21H28N2O4S/c1-6-17-7-9-18(10-8-17)15(2)22-21(24)16(3)23(28(5,25)26)19-11-13-20(27-4)14-12-19/h7-16H,6H2,1-5H3,(H,22,24)/t15-,16-/m0/s1. The van der Waals surface area contributed by atoms with Crippen LogP contribution in [0.4, 0.5) is 5.69 Å². The van der Waals surface area contributed by atoms with Crippen molar-refractivity contribution in [2.75, 3.05) is 17.7 Å².